The zero-order valence-corrected chi connectivity index (χ0v) is 10.8. The smallest absolute Gasteiger partial charge is 0.226 e. The Morgan fingerprint density at radius 3 is 2.71 bits per heavy atom. The van der Waals surface area contributed by atoms with Crippen LogP contribution in [-0.2, 0) is 17.6 Å². The van der Waals surface area contributed by atoms with Gasteiger partial charge in [-0.25, -0.2) is 0 Å². The molecule has 2 heteroatoms. The van der Waals surface area contributed by atoms with Gasteiger partial charge < -0.3 is 4.90 Å². The molecule has 0 radical (unpaired) electrons. The van der Waals surface area contributed by atoms with Gasteiger partial charge in [-0.1, -0.05) is 19.9 Å². The minimum atomic E-state index is 0.227. The van der Waals surface area contributed by atoms with Crippen LogP contribution in [0.5, 0.6) is 0 Å². The molecule has 1 aliphatic rings. The summed E-state index contributed by atoms with van der Waals surface area (Å²) >= 11 is 0. The molecule has 0 aromatic heterocycles. The van der Waals surface area contributed by atoms with Gasteiger partial charge in [0.05, 0.1) is 0 Å². The van der Waals surface area contributed by atoms with Crippen molar-refractivity contribution in [2.24, 2.45) is 0 Å². The number of carbonyl (C=O) groups is 1. The van der Waals surface area contributed by atoms with Crippen molar-refractivity contribution in [2.75, 3.05) is 11.4 Å². The molecule has 0 saturated carbocycles. The summed E-state index contributed by atoms with van der Waals surface area (Å²) in [5.41, 5.74) is 3.99. The summed E-state index contributed by atoms with van der Waals surface area (Å²) in [7, 11) is 0. The van der Waals surface area contributed by atoms with E-state index in [4.69, 9.17) is 0 Å². The van der Waals surface area contributed by atoms with Gasteiger partial charge in [-0.2, -0.15) is 0 Å². The SMILES string of the molecule is CCCN(C(=O)CC)c1ccc2c(c1)CCC2. The highest BCUT2D eigenvalue weighted by atomic mass is 16.2. The summed E-state index contributed by atoms with van der Waals surface area (Å²) in [5, 5.41) is 0. The van der Waals surface area contributed by atoms with Crippen LogP contribution >= 0.6 is 0 Å². The third-order valence-corrected chi connectivity index (χ3v) is 3.44. The Morgan fingerprint density at radius 2 is 2.00 bits per heavy atom. The largest absolute Gasteiger partial charge is 0.312 e. The van der Waals surface area contributed by atoms with E-state index in [0.29, 0.717) is 6.42 Å². The number of fused-ring (bicyclic) bond motifs is 1. The van der Waals surface area contributed by atoms with Gasteiger partial charge in [-0.05, 0) is 48.9 Å². The lowest BCUT2D eigenvalue weighted by Crippen LogP contribution is -2.30. The van der Waals surface area contributed by atoms with Crippen molar-refractivity contribution in [3.8, 4) is 0 Å². The zero-order chi connectivity index (χ0) is 12.3. The van der Waals surface area contributed by atoms with Crippen molar-refractivity contribution in [2.45, 2.75) is 46.0 Å². The molecule has 2 nitrogen and oxygen atoms in total. The van der Waals surface area contributed by atoms with Crippen molar-refractivity contribution >= 4 is 11.6 Å². The third kappa shape index (κ3) is 2.51. The van der Waals surface area contributed by atoms with Crippen LogP contribution in [0, 0.1) is 0 Å². The maximum Gasteiger partial charge on any atom is 0.226 e. The number of hydrogen-bond donors (Lipinski definition) is 0. The maximum atomic E-state index is 11.9. The molecular formula is C15H21NO. The molecule has 2 rings (SSSR count). The molecule has 0 heterocycles. The fourth-order valence-corrected chi connectivity index (χ4v) is 2.54. The van der Waals surface area contributed by atoms with E-state index in [0.717, 1.165) is 18.7 Å². The molecule has 0 fully saturated rings. The van der Waals surface area contributed by atoms with E-state index in [-0.39, 0.29) is 5.91 Å². The summed E-state index contributed by atoms with van der Waals surface area (Å²) in [4.78, 5) is 13.9. The van der Waals surface area contributed by atoms with Crippen LogP contribution in [-0.4, -0.2) is 12.5 Å². The second-order valence-corrected chi connectivity index (χ2v) is 4.71. The summed E-state index contributed by atoms with van der Waals surface area (Å²) in [6.07, 6.45) is 5.21. The Labute approximate surface area is 104 Å². The molecule has 1 amide bonds. The average molecular weight is 231 g/mol. The van der Waals surface area contributed by atoms with E-state index in [1.165, 1.54) is 30.4 Å². The van der Waals surface area contributed by atoms with E-state index >= 15 is 0 Å². The zero-order valence-electron chi connectivity index (χ0n) is 10.8. The van der Waals surface area contributed by atoms with E-state index in [1.807, 2.05) is 11.8 Å². The normalized spacial score (nSPS) is 13.5. The highest BCUT2D eigenvalue weighted by Gasteiger charge is 2.16. The lowest BCUT2D eigenvalue weighted by Gasteiger charge is -2.22. The summed E-state index contributed by atoms with van der Waals surface area (Å²) in [5.74, 6) is 0.227. The monoisotopic (exact) mass is 231 g/mol. The predicted molar refractivity (Wildman–Crippen MR) is 71.4 cm³/mol. The first-order valence-electron chi connectivity index (χ1n) is 6.68. The van der Waals surface area contributed by atoms with Crippen LogP contribution in [0.3, 0.4) is 0 Å². The van der Waals surface area contributed by atoms with Crippen LogP contribution in [0.15, 0.2) is 18.2 Å². The Balaban J connectivity index is 2.26. The number of benzene rings is 1. The van der Waals surface area contributed by atoms with Crippen LogP contribution in [0.25, 0.3) is 0 Å². The van der Waals surface area contributed by atoms with Gasteiger partial charge in [0.1, 0.15) is 0 Å². The molecule has 0 N–H and O–H groups in total. The molecule has 92 valence electrons. The molecule has 1 aromatic carbocycles. The van der Waals surface area contributed by atoms with Gasteiger partial charge in [0.25, 0.3) is 0 Å². The first-order chi connectivity index (χ1) is 8.26. The summed E-state index contributed by atoms with van der Waals surface area (Å²) < 4.78 is 0. The Bertz CT molecular complexity index is 411. The Morgan fingerprint density at radius 1 is 1.24 bits per heavy atom. The molecule has 1 aliphatic carbocycles. The summed E-state index contributed by atoms with van der Waals surface area (Å²) in [6, 6.07) is 6.52. The van der Waals surface area contributed by atoms with Gasteiger partial charge in [0, 0.05) is 18.7 Å². The summed E-state index contributed by atoms with van der Waals surface area (Å²) in [6.45, 7) is 4.87. The number of hydrogen-bond acceptors (Lipinski definition) is 1. The maximum absolute atomic E-state index is 11.9. The highest BCUT2D eigenvalue weighted by Crippen LogP contribution is 2.27. The van der Waals surface area contributed by atoms with Crippen molar-refractivity contribution in [1.82, 2.24) is 0 Å². The quantitative estimate of drug-likeness (QED) is 0.778. The molecule has 17 heavy (non-hydrogen) atoms. The average Bonchev–Trinajstić information content (AvgIpc) is 2.82. The number of aryl methyl sites for hydroxylation is 2. The van der Waals surface area contributed by atoms with Gasteiger partial charge in [0.2, 0.25) is 5.91 Å². The molecule has 0 saturated heterocycles. The lowest BCUT2D eigenvalue weighted by atomic mass is 10.1. The van der Waals surface area contributed by atoms with Gasteiger partial charge >= 0.3 is 0 Å². The van der Waals surface area contributed by atoms with Crippen LogP contribution < -0.4 is 4.90 Å². The van der Waals surface area contributed by atoms with E-state index in [1.54, 1.807) is 0 Å². The molecule has 0 aliphatic heterocycles. The standard InChI is InChI=1S/C15H21NO/c1-3-10-16(15(17)4-2)14-9-8-12-6-5-7-13(12)11-14/h8-9,11H,3-7,10H2,1-2H3. The number of rotatable bonds is 4. The molecule has 1 aromatic rings. The molecular weight excluding hydrogens is 210 g/mol. The first kappa shape index (κ1) is 12.2. The first-order valence-corrected chi connectivity index (χ1v) is 6.68. The van der Waals surface area contributed by atoms with Crippen molar-refractivity contribution in [1.29, 1.82) is 0 Å². The van der Waals surface area contributed by atoms with E-state index in [2.05, 4.69) is 25.1 Å². The number of nitrogens with zero attached hydrogens (tertiary/aromatic N) is 1. The number of anilines is 1. The third-order valence-electron chi connectivity index (χ3n) is 3.44. The number of carbonyl (C=O) groups excluding carboxylic acids is 1. The Hall–Kier alpha value is -1.31. The molecule has 0 bridgehead atoms. The van der Waals surface area contributed by atoms with Crippen molar-refractivity contribution in [3.05, 3.63) is 29.3 Å². The van der Waals surface area contributed by atoms with E-state index < -0.39 is 0 Å². The van der Waals surface area contributed by atoms with Crippen LogP contribution in [0.4, 0.5) is 5.69 Å². The second-order valence-electron chi connectivity index (χ2n) is 4.71. The van der Waals surface area contributed by atoms with Crippen LogP contribution in [0.2, 0.25) is 0 Å². The minimum Gasteiger partial charge on any atom is -0.312 e. The molecule has 0 spiro atoms. The van der Waals surface area contributed by atoms with Crippen LogP contribution in [0.1, 0.15) is 44.2 Å². The molecule has 0 atom stereocenters. The van der Waals surface area contributed by atoms with E-state index in [9.17, 15) is 4.79 Å². The lowest BCUT2D eigenvalue weighted by molar-refractivity contribution is -0.118. The van der Waals surface area contributed by atoms with Gasteiger partial charge in [-0.3, -0.25) is 4.79 Å². The number of amides is 1. The highest BCUT2D eigenvalue weighted by molar-refractivity contribution is 5.93. The predicted octanol–water partition coefficient (Wildman–Crippen LogP) is 3.33. The second kappa shape index (κ2) is 5.35. The Kier molecular flexibility index (Phi) is 3.82. The minimum absolute atomic E-state index is 0.227. The fraction of sp³-hybridized carbons (Fsp3) is 0.533. The fourth-order valence-electron chi connectivity index (χ4n) is 2.54. The van der Waals surface area contributed by atoms with Crippen molar-refractivity contribution in [3.63, 3.8) is 0 Å². The van der Waals surface area contributed by atoms with Gasteiger partial charge in [-0.15, -0.1) is 0 Å². The van der Waals surface area contributed by atoms with Gasteiger partial charge in [0.15, 0.2) is 0 Å². The molecule has 0 unspecified atom stereocenters. The van der Waals surface area contributed by atoms with Crippen molar-refractivity contribution < 1.29 is 4.79 Å². The topological polar surface area (TPSA) is 20.3 Å².